The molecule has 2 heterocycles. The summed E-state index contributed by atoms with van der Waals surface area (Å²) in [6, 6.07) is 89.2. The predicted molar refractivity (Wildman–Crippen MR) is 260 cm³/mol. The Balaban J connectivity index is 1.13. The average molecular weight is 808 g/mol. The van der Waals surface area contributed by atoms with Crippen molar-refractivity contribution in [3.8, 4) is 33.8 Å². The van der Waals surface area contributed by atoms with E-state index in [1.807, 2.05) is 0 Å². The number of anilines is 3. The van der Waals surface area contributed by atoms with Crippen molar-refractivity contribution in [2.45, 2.75) is 5.41 Å². The summed E-state index contributed by atoms with van der Waals surface area (Å²) in [6.45, 7) is 0. The fourth-order valence-electron chi connectivity index (χ4n) is 10.5. The smallest absolute Gasteiger partial charge is 0.133 e. The van der Waals surface area contributed by atoms with Crippen LogP contribution in [-0.4, -0.2) is 8.80 Å². The van der Waals surface area contributed by atoms with E-state index in [1.165, 1.54) is 70.8 Å². The molecule has 10 aromatic carbocycles. The Morgan fingerprint density at radius 2 is 0.919 bits per heavy atom. The maximum absolute atomic E-state index is 6.75. The van der Waals surface area contributed by atoms with E-state index < -0.39 is 14.2 Å². The normalized spacial score (nSPS) is 14.2. The number of para-hydroxylation sites is 3. The number of nitrogens with zero attached hydrogens (tertiary/aromatic N) is 1. The number of hydrogen-bond donors (Lipinski definition) is 0. The van der Waals surface area contributed by atoms with E-state index in [9.17, 15) is 0 Å². The maximum atomic E-state index is 6.75. The van der Waals surface area contributed by atoms with Gasteiger partial charge in [-0.2, -0.15) is 0 Å². The summed E-state index contributed by atoms with van der Waals surface area (Å²) in [5.41, 5.74) is 12.6. The Morgan fingerprint density at radius 1 is 0.371 bits per heavy atom. The van der Waals surface area contributed by atoms with E-state index >= 15 is 0 Å². The van der Waals surface area contributed by atoms with Crippen LogP contribution < -0.4 is 25.2 Å². The first-order valence-corrected chi connectivity index (χ1v) is 23.2. The van der Waals surface area contributed by atoms with Crippen LogP contribution in [0.1, 0.15) is 22.3 Å². The lowest BCUT2D eigenvalue weighted by Crippen LogP contribution is -2.62. The van der Waals surface area contributed by atoms with Gasteiger partial charge in [-0.05, 0) is 91.4 Å². The van der Waals surface area contributed by atoms with Crippen LogP contribution in [0, 0.1) is 0 Å². The van der Waals surface area contributed by atoms with Crippen LogP contribution in [-0.2, 0) is 5.41 Å². The molecule has 0 bridgehead atoms. The molecule has 1 unspecified atom stereocenters. The number of fused-ring (bicyclic) bond motifs is 9. The highest BCUT2D eigenvalue weighted by Gasteiger charge is 2.51. The van der Waals surface area contributed by atoms with Crippen LogP contribution in [0.5, 0.6) is 11.5 Å². The van der Waals surface area contributed by atoms with Crippen LogP contribution in [0.2, 0.25) is 0 Å². The lowest BCUT2D eigenvalue weighted by molar-refractivity contribution is 0.435. The lowest BCUT2D eigenvalue weighted by atomic mass is 9.63. The van der Waals surface area contributed by atoms with Crippen molar-refractivity contribution in [1.82, 2.24) is 0 Å². The molecule has 0 N–H and O–H groups in total. The molecule has 0 aliphatic carbocycles. The van der Waals surface area contributed by atoms with E-state index in [4.69, 9.17) is 4.74 Å². The van der Waals surface area contributed by atoms with Gasteiger partial charge in [0.1, 0.15) is 20.3 Å². The van der Waals surface area contributed by atoms with Crippen molar-refractivity contribution < 1.29 is 4.74 Å². The van der Waals surface area contributed by atoms with Crippen LogP contribution in [0.25, 0.3) is 33.0 Å². The second-order valence-corrected chi connectivity index (χ2v) is 19.1. The van der Waals surface area contributed by atoms with Gasteiger partial charge in [-0.3, -0.25) is 0 Å². The minimum Gasteiger partial charge on any atom is -0.457 e. The van der Waals surface area contributed by atoms with Crippen LogP contribution in [0.3, 0.4) is 0 Å². The van der Waals surface area contributed by atoms with Crippen molar-refractivity contribution in [3.05, 3.63) is 265 Å². The molecule has 1 spiro atoms. The maximum Gasteiger partial charge on any atom is 0.133 e. The van der Waals surface area contributed by atoms with Gasteiger partial charge in [0.2, 0.25) is 0 Å². The molecular weight excluding hydrogens is 767 g/mol. The molecule has 62 heavy (non-hydrogen) atoms. The third-order valence-electron chi connectivity index (χ3n) is 13.1. The van der Waals surface area contributed by atoms with E-state index in [1.54, 1.807) is 0 Å². The van der Waals surface area contributed by atoms with Crippen molar-refractivity contribution >= 4 is 52.2 Å². The molecule has 3 heteroatoms. The topological polar surface area (TPSA) is 12.5 Å². The van der Waals surface area contributed by atoms with Gasteiger partial charge in [0.15, 0.2) is 0 Å². The summed E-state index contributed by atoms with van der Waals surface area (Å²) >= 11 is 0. The van der Waals surface area contributed by atoms with E-state index in [0.29, 0.717) is 0 Å². The quantitative estimate of drug-likeness (QED) is 0.155. The number of ether oxygens (including phenoxy) is 1. The van der Waals surface area contributed by atoms with Crippen LogP contribution in [0.15, 0.2) is 243 Å². The summed E-state index contributed by atoms with van der Waals surface area (Å²) in [7, 11) is -2.07. The van der Waals surface area contributed by atoms with Crippen molar-refractivity contribution in [2.75, 3.05) is 4.90 Å². The Bertz CT molecular complexity index is 3240. The minimum atomic E-state index is -2.07. The van der Waals surface area contributed by atoms with Gasteiger partial charge in [0.25, 0.3) is 0 Å². The van der Waals surface area contributed by atoms with E-state index in [2.05, 4.69) is 248 Å². The first kappa shape index (κ1) is 36.2. The zero-order valence-electron chi connectivity index (χ0n) is 34.0. The number of rotatable bonds is 6. The molecule has 2 aliphatic heterocycles. The van der Waals surface area contributed by atoms with Gasteiger partial charge in [-0.15, -0.1) is 0 Å². The first-order valence-electron chi connectivity index (χ1n) is 21.5. The summed E-state index contributed by atoms with van der Waals surface area (Å²) in [4.78, 5) is 2.48. The highest BCUT2D eigenvalue weighted by Crippen LogP contribution is 2.56. The molecular formula is C59H41NOSi. The molecule has 0 aromatic heterocycles. The van der Waals surface area contributed by atoms with Crippen molar-refractivity contribution in [1.29, 1.82) is 0 Å². The summed E-state index contributed by atoms with van der Waals surface area (Å²) in [5.74, 6) is 1.81. The second-order valence-electron chi connectivity index (χ2n) is 16.3. The fourth-order valence-corrected chi connectivity index (χ4v) is 14.0. The SMILES string of the molecule is c1ccc(-c2ccccc2N(c2ccc(-c3cccc4ccccc34)cc2)c2ccc3c(c2)[SiH](c2ccccc2)c2ccccc2C32c3ccccc3Oc3ccccc32)cc1. The molecule has 2 nitrogen and oxygen atoms in total. The predicted octanol–water partition coefficient (Wildman–Crippen LogP) is 12.7. The molecule has 0 fully saturated rings. The molecule has 10 aromatic rings. The standard InChI is InChI=1S/C59H41NOSi/c1-3-18-42(19-4-1)49-25-9-13-30-54(49)60(44-36-34-43(35-37-44)48-26-17-21-41-20-7-8-24-47(41)48)45-38-39-53-58(40-45)62(46-22-5-2-6-23-46)57-33-16-12-29-52(57)59(53)50-27-10-14-31-55(50)61-56-32-15-11-28-51(56)59/h1-40,62H. The Kier molecular flexibility index (Phi) is 8.61. The molecule has 12 rings (SSSR count). The third kappa shape index (κ3) is 5.63. The third-order valence-corrected chi connectivity index (χ3v) is 16.4. The molecule has 1 atom stereocenters. The first-order chi connectivity index (χ1) is 30.8. The lowest BCUT2D eigenvalue weighted by Gasteiger charge is -2.47. The van der Waals surface area contributed by atoms with Crippen LogP contribution in [0.4, 0.5) is 17.1 Å². The fraction of sp³-hybridized carbons (Fsp3) is 0.0169. The minimum absolute atomic E-state index is 0.582. The average Bonchev–Trinajstić information content (AvgIpc) is 3.35. The summed E-state index contributed by atoms with van der Waals surface area (Å²) in [5, 5.41) is 6.75. The van der Waals surface area contributed by atoms with Gasteiger partial charge in [-0.25, -0.2) is 0 Å². The molecule has 0 amide bonds. The molecule has 292 valence electrons. The Hall–Kier alpha value is -7.72. The second kappa shape index (κ2) is 14.8. The summed E-state index contributed by atoms with van der Waals surface area (Å²) < 4.78 is 6.75. The van der Waals surface area contributed by atoms with E-state index in [0.717, 1.165) is 28.6 Å². The number of benzene rings is 10. The molecule has 0 radical (unpaired) electrons. The van der Waals surface area contributed by atoms with Gasteiger partial charge < -0.3 is 9.64 Å². The monoisotopic (exact) mass is 807 g/mol. The molecule has 0 saturated heterocycles. The van der Waals surface area contributed by atoms with Crippen molar-refractivity contribution in [3.63, 3.8) is 0 Å². The van der Waals surface area contributed by atoms with E-state index in [-0.39, 0.29) is 0 Å². The van der Waals surface area contributed by atoms with Gasteiger partial charge in [0.05, 0.1) is 11.1 Å². The highest BCUT2D eigenvalue weighted by atomic mass is 28.3. The van der Waals surface area contributed by atoms with Crippen LogP contribution >= 0.6 is 0 Å². The zero-order valence-corrected chi connectivity index (χ0v) is 35.2. The molecule has 2 aliphatic rings. The highest BCUT2D eigenvalue weighted by molar-refractivity contribution is 6.96. The number of hydrogen-bond acceptors (Lipinski definition) is 2. The Labute approximate surface area is 364 Å². The van der Waals surface area contributed by atoms with Gasteiger partial charge >= 0.3 is 0 Å². The van der Waals surface area contributed by atoms with Gasteiger partial charge in [0, 0.05) is 28.1 Å². The van der Waals surface area contributed by atoms with Gasteiger partial charge in [-0.1, -0.05) is 205 Å². The Morgan fingerprint density at radius 3 is 1.69 bits per heavy atom. The molecule has 0 saturated carbocycles. The largest absolute Gasteiger partial charge is 0.457 e. The summed E-state index contributed by atoms with van der Waals surface area (Å²) in [6.07, 6.45) is 0. The zero-order chi connectivity index (χ0) is 41.0. The van der Waals surface area contributed by atoms with Crippen molar-refractivity contribution in [2.24, 2.45) is 0 Å².